The van der Waals surface area contributed by atoms with Gasteiger partial charge in [0.15, 0.2) is 0 Å². The van der Waals surface area contributed by atoms with Crippen LogP contribution in [-0.2, 0) is 10.8 Å². The quantitative estimate of drug-likeness (QED) is 0.149. The molecule has 0 spiro atoms. The van der Waals surface area contributed by atoms with E-state index in [2.05, 4.69) is 147 Å². The largest absolute Gasteiger partial charge is 0.416 e. The highest BCUT2D eigenvalue weighted by molar-refractivity contribution is 5.91. The Bertz CT molecular complexity index is 3010. The third kappa shape index (κ3) is 7.90. The number of fused-ring (bicyclic) bond motifs is 1. The molecule has 64 heavy (non-hydrogen) atoms. The van der Waals surface area contributed by atoms with Gasteiger partial charge in [0, 0.05) is 33.4 Å². The summed E-state index contributed by atoms with van der Waals surface area (Å²) in [5.41, 5.74) is 15.4. The van der Waals surface area contributed by atoms with Crippen molar-refractivity contribution >= 4 is 11.0 Å². The van der Waals surface area contributed by atoms with Crippen molar-refractivity contribution in [3.63, 3.8) is 0 Å². The van der Waals surface area contributed by atoms with E-state index in [1.54, 1.807) is 0 Å². The van der Waals surface area contributed by atoms with Gasteiger partial charge in [0.1, 0.15) is 0 Å². The fraction of sp³-hybridized carbons (Fsp3) is 0.143. The summed E-state index contributed by atoms with van der Waals surface area (Å²) in [6.07, 6.45) is 0. The van der Waals surface area contributed by atoms with Crippen LogP contribution in [0, 0.1) is 0 Å². The first kappa shape index (κ1) is 40.2. The molecule has 0 saturated heterocycles. The highest BCUT2D eigenvalue weighted by atomic mass is 16.4. The van der Waals surface area contributed by atoms with Crippen molar-refractivity contribution in [3.05, 3.63) is 181 Å². The van der Waals surface area contributed by atoms with Gasteiger partial charge in [0.05, 0.1) is 22.4 Å². The minimum atomic E-state index is -0.145. The molecule has 8 heteroatoms. The molecule has 7 aromatic carbocycles. The molecular weight excluding hydrogens is 789 g/mol. The van der Waals surface area contributed by atoms with Crippen molar-refractivity contribution in [2.24, 2.45) is 0 Å². The van der Waals surface area contributed by atoms with E-state index in [-0.39, 0.29) is 10.8 Å². The van der Waals surface area contributed by atoms with E-state index in [1.165, 1.54) is 11.1 Å². The molecular formula is C56H46N6O2. The molecule has 0 radical (unpaired) electrons. The zero-order valence-corrected chi connectivity index (χ0v) is 36.7. The van der Waals surface area contributed by atoms with Gasteiger partial charge in [-0.1, -0.05) is 163 Å². The summed E-state index contributed by atoms with van der Waals surface area (Å²) >= 11 is 0. The lowest BCUT2D eigenvalue weighted by molar-refractivity contribution is 0.583. The third-order valence-corrected chi connectivity index (χ3v) is 11.6. The Kier molecular flexibility index (Phi) is 10.1. The maximum absolute atomic E-state index is 6.02. The molecule has 0 saturated carbocycles. The average molecular weight is 835 g/mol. The minimum Gasteiger partial charge on any atom is -0.416 e. The molecule has 3 heterocycles. The normalized spacial score (nSPS) is 11.9. The summed E-state index contributed by atoms with van der Waals surface area (Å²) in [4.78, 5) is 11.1. The summed E-state index contributed by atoms with van der Waals surface area (Å²) in [7, 11) is 0. The molecule has 0 aliphatic carbocycles. The van der Waals surface area contributed by atoms with Crippen LogP contribution in [0.25, 0.3) is 102 Å². The second-order valence-corrected chi connectivity index (χ2v) is 18.1. The van der Waals surface area contributed by atoms with Crippen LogP contribution >= 0.6 is 0 Å². The monoisotopic (exact) mass is 834 g/mol. The molecule has 8 nitrogen and oxygen atoms in total. The van der Waals surface area contributed by atoms with Crippen molar-refractivity contribution in [2.45, 2.75) is 52.4 Å². The molecule has 0 aliphatic heterocycles. The Morgan fingerprint density at radius 2 is 0.531 bits per heavy atom. The number of aromatic nitrogens is 6. The SMILES string of the molecule is CC(C)(C)c1ccc(C(C)(C)C)c2nc(-c3ccc(-c4ccc(-c5nnc(-c6ccccc6)o5)cc4)cc3)c(-c3ccc(-c4ccc(-c5nnc(-c6ccccc6)o5)cc4)cc3)nc12. The maximum Gasteiger partial charge on any atom is 0.248 e. The van der Waals surface area contributed by atoms with Gasteiger partial charge in [-0.2, -0.15) is 0 Å². The van der Waals surface area contributed by atoms with Gasteiger partial charge in [-0.15, -0.1) is 20.4 Å². The Balaban J connectivity index is 0.990. The molecule has 10 rings (SSSR count). The van der Waals surface area contributed by atoms with E-state index >= 15 is 0 Å². The van der Waals surface area contributed by atoms with Crippen molar-refractivity contribution in [2.75, 3.05) is 0 Å². The average Bonchev–Trinajstić information content (AvgIpc) is 4.03. The van der Waals surface area contributed by atoms with Crippen molar-refractivity contribution in [3.8, 4) is 90.6 Å². The third-order valence-electron chi connectivity index (χ3n) is 11.6. The lowest BCUT2D eigenvalue weighted by atomic mass is 9.80. The summed E-state index contributed by atoms with van der Waals surface area (Å²) in [6, 6.07) is 57.7. The molecule has 0 N–H and O–H groups in total. The van der Waals surface area contributed by atoms with E-state index in [4.69, 9.17) is 18.8 Å². The second kappa shape index (κ2) is 16.1. The van der Waals surface area contributed by atoms with Crippen molar-refractivity contribution in [1.29, 1.82) is 0 Å². The predicted molar refractivity (Wildman–Crippen MR) is 256 cm³/mol. The molecule has 312 valence electrons. The van der Waals surface area contributed by atoms with Gasteiger partial charge >= 0.3 is 0 Å². The fourth-order valence-electron chi connectivity index (χ4n) is 8.07. The van der Waals surface area contributed by atoms with Crippen LogP contribution in [0.4, 0.5) is 0 Å². The van der Waals surface area contributed by atoms with Crippen LogP contribution in [0.1, 0.15) is 52.7 Å². The first-order valence-corrected chi connectivity index (χ1v) is 21.5. The number of hydrogen-bond donors (Lipinski definition) is 0. The Morgan fingerprint density at radius 3 is 0.812 bits per heavy atom. The molecule has 10 aromatic rings. The lowest BCUT2D eigenvalue weighted by Gasteiger charge is -2.26. The Morgan fingerprint density at radius 1 is 0.281 bits per heavy atom. The number of nitrogens with zero attached hydrogens (tertiary/aromatic N) is 6. The summed E-state index contributed by atoms with van der Waals surface area (Å²) in [5.74, 6) is 1.96. The first-order valence-electron chi connectivity index (χ1n) is 21.5. The molecule has 0 atom stereocenters. The highest BCUT2D eigenvalue weighted by Crippen LogP contribution is 2.40. The number of hydrogen-bond acceptors (Lipinski definition) is 8. The van der Waals surface area contributed by atoms with E-state index < -0.39 is 0 Å². The summed E-state index contributed by atoms with van der Waals surface area (Å²) < 4.78 is 12.0. The van der Waals surface area contributed by atoms with Gasteiger partial charge in [0.2, 0.25) is 23.6 Å². The molecule has 0 fully saturated rings. The molecule has 0 amide bonds. The minimum absolute atomic E-state index is 0.145. The van der Waals surface area contributed by atoms with E-state index in [0.717, 1.165) is 78.1 Å². The van der Waals surface area contributed by atoms with Crippen LogP contribution in [0.15, 0.2) is 179 Å². The van der Waals surface area contributed by atoms with E-state index in [9.17, 15) is 0 Å². The zero-order valence-electron chi connectivity index (χ0n) is 36.7. The Labute approximate surface area is 372 Å². The lowest BCUT2D eigenvalue weighted by Crippen LogP contribution is -2.17. The number of benzene rings is 7. The predicted octanol–water partition coefficient (Wildman–Crippen LogP) is 14.3. The van der Waals surface area contributed by atoms with Crippen molar-refractivity contribution < 1.29 is 8.83 Å². The van der Waals surface area contributed by atoms with Gasteiger partial charge < -0.3 is 8.83 Å². The standard InChI is InChI=1S/C56H46N6O2/c1-55(2,3)45-33-34-46(56(4,5)6)50-49(45)57-47(39-25-17-35(18-26-39)37-21-29-43(30-22-37)53-61-59-51(63-53)41-13-9-7-10-14-41)48(58-50)40-27-19-36(20-28-40)38-23-31-44(32-24-38)54-62-60-52(64-54)42-15-11-8-12-16-42/h7-34H,1-6H3. The van der Waals surface area contributed by atoms with E-state index in [1.807, 2.05) is 84.9 Å². The first-order chi connectivity index (χ1) is 31.0. The fourth-order valence-corrected chi connectivity index (χ4v) is 8.07. The topological polar surface area (TPSA) is 104 Å². The Hall–Kier alpha value is -7.84. The smallest absolute Gasteiger partial charge is 0.248 e. The van der Waals surface area contributed by atoms with Gasteiger partial charge in [0.25, 0.3) is 0 Å². The van der Waals surface area contributed by atoms with Gasteiger partial charge in [-0.3, -0.25) is 0 Å². The summed E-state index contributed by atoms with van der Waals surface area (Å²) in [5, 5.41) is 17.2. The highest BCUT2D eigenvalue weighted by Gasteiger charge is 2.27. The molecule has 3 aromatic heterocycles. The van der Waals surface area contributed by atoms with Crippen LogP contribution in [0.3, 0.4) is 0 Å². The van der Waals surface area contributed by atoms with Crippen LogP contribution in [0.5, 0.6) is 0 Å². The summed E-state index contributed by atoms with van der Waals surface area (Å²) in [6.45, 7) is 13.4. The zero-order chi connectivity index (χ0) is 44.0. The van der Waals surface area contributed by atoms with Gasteiger partial charge in [-0.05, 0) is 92.7 Å². The van der Waals surface area contributed by atoms with Gasteiger partial charge in [-0.25, -0.2) is 9.97 Å². The van der Waals surface area contributed by atoms with Crippen LogP contribution < -0.4 is 0 Å². The maximum atomic E-state index is 6.02. The molecule has 0 bridgehead atoms. The number of rotatable bonds is 8. The van der Waals surface area contributed by atoms with Crippen LogP contribution in [-0.4, -0.2) is 30.4 Å². The van der Waals surface area contributed by atoms with Crippen LogP contribution in [0.2, 0.25) is 0 Å². The molecule has 0 unspecified atom stereocenters. The molecule has 0 aliphatic rings. The van der Waals surface area contributed by atoms with E-state index in [0.29, 0.717) is 23.6 Å². The van der Waals surface area contributed by atoms with Crippen molar-refractivity contribution in [1.82, 2.24) is 30.4 Å². The second-order valence-electron chi connectivity index (χ2n) is 18.1.